The molecule has 0 spiro atoms. The summed E-state index contributed by atoms with van der Waals surface area (Å²) in [5.74, 6) is 1.49. The second kappa shape index (κ2) is 3.80. The van der Waals surface area contributed by atoms with Gasteiger partial charge in [-0.2, -0.15) is 0 Å². The topological polar surface area (TPSA) is 17.8 Å². The largest absolute Gasteiger partial charge is 0.326 e. The molecule has 0 saturated heterocycles. The number of hydrogen-bond acceptors (Lipinski definition) is 1. The summed E-state index contributed by atoms with van der Waals surface area (Å²) in [6, 6.07) is 0. The quantitative estimate of drug-likeness (QED) is 0.730. The molecule has 15 heavy (non-hydrogen) atoms. The summed E-state index contributed by atoms with van der Waals surface area (Å²) in [6.45, 7) is 6.38. The van der Waals surface area contributed by atoms with E-state index in [1.807, 2.05) is 11.5 Å². The molecule has 1 atom stereocenters. The Morgan fingerprint density at radius 1 is 1.53 bits per heavy atom. The number of hydrogen-bond donors (Lipinski definition) is 0. The number of aryl methyl sites for hydroxylation is 1. The Balaban J connectivity index is 2.47. The molecule has 1 aliphatic carbocycles. The van der Waals surface area contributed by atoms with Crippen molar-refractivity contribution in [2.45, 2.75) is 33.7 Å². The molecule has 3 heteroatoms. The molecule has 0 bridgehead atoms. The lowest BCUT2D eigenvalue weighted by Gasteiger charge is -2.18. The van der Waals surface area contributed by atoms with Crippen molar-refractivity contribution in [1.29, 1.82) is 0 Å². The first-order valence-corrected chi connectivity index (χ1v) is 5.43. The van der Waals surface area contributed by atoms with Gasteiger partial charge in [0.25, 0.3) is 0 Å². The third kappa shape index (κ3) is 1.71. The molecular weight excluding hydrogens is 191 g/mol. The standard InChI is InChI=1S/C12H17FN2/c1-8-6-11-12(7-9(8)2)15(5-4-13)10(3)14-11/h7-8H,4-6H2,1-3H3. The van der Waals surface area contributed by atoms with Gasteiger partial charge in [-0.15, -0.1) is 0 Å². The molecule has 1 aromatic rings. The maximum absolute atomic E-state index is 12.4. The second-order valence-corrected chi connectivity index (χ2v) is 4.33. The number of rotatable bonds is 2. The predicted molar refractivity (Wildman–Crippen MR) is 59.5 cm³/mol. The van der Waals surface area contributed by atoms with E-state index in [1.54, 1.807) is 0 Å². The average molecular weight is 208 g/mol. The molecule has 2 rings (SSSR count). The minimum absolute atomic E-state index is 0.327. The van der Waals surface area contributed by atoms with Crippen LogP contribution in [0, 0.1) is 12.8 Å². The summed E-state index contributed by atoms with van der Waals surface area (Å²) in [6.07, 6.45) is 3.14. The van der Waals surface area contributed by atoms with Gasteiger partial charge in [0.1, 0.15) is 12.5 Å². The molecule has 0 fully saturated rings. The van der Waals surface area contributed by atoms with Crippen molar-refractivity contribution in [2.24, 2.45) is 5.92 Å². The maximum Gasteiger partial charge on any atom is 0.107 e. The summed E-state index contributed by atoms with van der Waals surface area (Å²) >= 11 is 0. The zero-order valence-electron chi connectivity index (χ0n) is 9.55. The van der Waals surface area contributed by atoms with Crippen LogP contribution in [0.5, 0.6) is 0 Å². The number of imidazole rings is 1. The van der Waals surface area contributed by atoms with E-state index in [9.17, 15) is 4.39 Å². The van der Waals surface area contributed by atoms with Crippen LogP contribution >= 0.6 is 0 Å². The first-order valence-electron chi connectivity index (χ1n) is 5.43. The third-order valence-electron chi connectivity index (χ3n) is 3.22. The highest BCUT2D eigenvalue weighted by Gasteiger charge is 2.20. The van der Waals surface area contributed by atoms with Crippen molar-refractivity contribution in [3.8, 4) is 0 Å². The van der Waals surface area contributed by atoms with E-state index in [4.69, 9.17) is 0 Å². The smallest absolute Gasteiger partial charge is 0.107 e. The molecule has 1 aliphatic rings. The van der Waals surface area contributed by atoms with Gasteiger partial charge in [0.2, 0.25) is 0 Å². The van der Waals surface area contributed by atoms with Crippen LogP contribution in [-0.4, -0.2) is 16.2 Å². The van der Waals surface area contributed by atoms with Gasteiger partial charge in [0.15, 0.2) is 0 Å². The van der Waals surface area contributed by atoms with Crippen molar-refractivity contribution in [3.63, 3.8) is 0 Å². The summed E-state index contributed by atoms with van der Waals surface area (Å²) in [7, 11) is 0. The highest BCUT2D eigenvalue weighted by Crippen LogP contribution is 2.28. The van der Waals surface area contributed by atoms with Crippen LogP contribution in [0.2, 0.25) is 0 Å². The highest BCUT2D eigenvalue weighted by molar-refractivity contribution is 5.55. The van der Waals surface area contributed by atoms with Crippen molar-refractivity contribution in [3.05, 3.63) is 22.8 Å². The van der Waals surface area contributed by atoms with Crippen molar-refractivity contribution in [1.82, 2.24) is 9.55 Å². The van der Waals surface area contributed by atoms with E-state index in [1.165, 1.54) is 5.57 Å². The molecule has 1 heterocycles. The van der Waals surface area contributed by atoms with Gasteiger partial charge in [0.05, 0.1) is 17.9 Å². The summed E-state index contributed by atoms with van der Waals surface area (Å²) < 4.78 is 14.4. The fraction of sp³-hybridized carbons (Fsp3) is 0.583. The lowest BCUT2D eigenvalue weighted by molar-refractivity contribution is 0.440. The molecule has 0 saturated carbocycles. The van der Waals surface area contributed by atoms with Gasteiger partial charge in [-0.3, -0.25) is 0 Å². The number of halogens is 1. The SMILES string of the molecule is CC1=Cc2c(nc(C)n2CCF)CC1C. The second-order valence-electron chi connectivity index (χ2n) is 4.33. The first kappa shape index (κ1) is 10.4. The van der Waals surface area contributed by atoms with Crippen molar-refractivity contribution >= 4 is 6.08 Å². The molecule has 82 valence electrons. The molecular formula is C12H17FN2. The van der Waals surface area contributed by atoms with Crippen LogP contribution in [0.15, 0.2) is 5.57 Å². The number of aromatic nitrogens is 2. The highest BCUT2D eigenvalue weighted by atomic mass is 19.1. The lowest BCUT2D eigenvalue weighted by atomic mass is 9.91. The van der Waals surface area contributed by atoms with E-state index in [-0.39, 0.29) is 6.67 Å². The predicted octanol–water partition coefficient (Wildman–Crippen LogP) is 2.76. The van der Waals surface area contributed by atoms with E-state index in [2.05, 4.69) is 24.9 Å². The number of nitrogens with zero attached hydrogens (tertiary/aromatic N) is 2. The first-order chi connectivity index (χ1) is 7.13. The fourth-order valence-corrected chi connectivity index (χ4v) is 2.13. The Bertz CT molecular complexity index is 404. The Morgan fingerprint density at radius 2 is 2.27 bits per heavy atom. The number of allylic oxidation sites excluding steroid dienone is 1. The van der Waals surface area contributed by atoms with Gasteiger partial charge in [-0.1, -0.05) is 12.5 Å². The minimum Gasteiger partial charge on any atom is -0.326 e. The summed E-state index contributed by atoms with van der Waals surface area (Å²) in [5, 5.41) is 0. The fourth-order valence-electron chi connectivity index (χ4n) is 2.13. The van der Waals surface area contributed by atoms with Crippen LogP contribution in [0.3, 0.4) is 0 Å². The van der Waals surface area contributed by atoms with Crippen LogP contribution in [0.4, 0.5) is 4.39 Å². The van der Waals surface area contributed by atoms with E-state index < -0.39 is 0 Å². The van der Waals surface area contributed by atoms with Gasteiger partial charge >= 0.3 is 0 Å². The normalized spacial score (nSPS) is 20.0. The Labute approximate surface area is 89.8 Å². The molecule has 2 nitrogen and oxygen atoms in total. The number of alkyl halides is 1. The molecule has 0 amide bonds. The van der Waals surface area contributed by atoms with Gasteiger partial charge < -0.3 is 4.57 Å². The van der Waals surface area contributed by atoms with E-state index >= 15 is 0 Å². The zero-order chi connectivity index (χ0) is 11.0. The van der Waals surface area contributed by atoms with Crippen LogP contribution in [-0.2, 0) is 13.0 Å². The molecule has 0 N–H and O–H groups in total. The minimum atomic E-state index is -0.327. The lowest BCUT2D eigenvalue weighted by Crippen LogP contribution is -2.11. The molecule has 1 unspecified atom stereocenters. The monoisotopic (exact) mass is 208 g/mol. The van der Waals surface area contributed by atoms with Crippen LogP contribution < -0.4 is 0 Å². The Kier molecular flexibility index (Phi) is 2.63. The van der Waals surface area contributed by atoms with Gasteiger partial charge in [-0.25, -0.2) is 9.37 Å². The van der Waals surface area contributed by atoms with Crippen molar-refractivity contribution in [2.75, 3.05) is 6.67 Å². The Hall–Kier alpha value is -1.12. The average Bonchev–Trinajstić information content (AvgIpc) is 2.46. The van der Waals surface area contributed by atoms with Crippen molar-refractivity contribution < 1.29 is 4.39 Å². The van der Waals surface area contributed by atoms with E-state index in [0.717, 1.165) is 23.6 Å². The van der Waals surface area contributed by atoms with Crippen LogP contribution in [0.1, 0.15) is 31.1 Å². The Morgan fingerprint density at radius 3 is 2.93 bits per heavy atom. The number of fused-ring (bicyclic) bond motifs is 1. The molecule has 0 radical (unpaired) electrons. The molecule has 0 aromatic carbocycles. The van der Waals surface area contributed by atoms with E-state index in [0.29, 0.717) is 12.5 Å². The summed E-state index contributed by atoms with van der Waals surface area (Å²) in [5.41, 5.74) is 3.60. The molecule has 1 aromatic heterocycles. The molecule has 0 aliphatic heterocycles. The van der Waals surface area contributed by atoms with Gasteiger partial charge in [-0.05, 0) is 32.3 Å². The third-order valence-corrected chi connectivity index (χ3v) is 3.22. The summed E-state index contributed by atoms with van der Waals surface area (Å²) in [4.78, 5) is 4.51. The zero-order valence-corrected chi connectivity index (χ0v) is 9.55. The van der Waals surface area contributed by atoms with Crippen LogP contribution in [0.25, 0.3) is 6.08 Å². The van der Waals surface area contributed by atoms with Gasteiger partial charge in [0, 0.05) is 0 Å². The maximum atomic E-state index is 12.4.